The molecule has 3 heteroatoms. The zero-order valence-corrected chi connectivity index (χ0v) is 8.03. The molecule has 0 radical (unpaired) electrons. The molecule has 1 aromatic heterocycles. The molecule has 0 aromatic carbocycles. The normalized spacial score (nSPS) is 16.5. The number of nitrogens with zero attached hydrogens (tertiary/aromatic N) is 2. The van der Waals surface area contributed by atoms with Gasteiger partial charge in [-0.25, -0.2) is 0 Å². The number of aromatic nitrogens is 2. The minimum absolute atomic E-state index is 0.209. The highest BCUT2D eigenvalue weighted by Crippen LogP contribution is 2.41. The molecular formula is C10H16N2O. The highest BCUT2D eigenvalue weighted by atomic mass is 16.3. The summed E-state index contributed by atoms with van der Waals surface area (Å²) in [6.07, 6.45) is 5.45. The van der Waals surface area contributed by atoms with Crippen LogP contribution >= 0.6 is 0 Å². The van der Waals surface area contributed by atoms with Crippen LogP contribution in [0.25, 0.3) is 0 Å². The molecule has 1 fully saturated rings. The van der Waals surface area contributed by atoms with Gasteiger partial charge in [-0.15, -0.1) is 0 Å². The third-order valence-electron chi connectivity index (χ3n) is 2.56. The Morgan fingerprint density at radius 3 is 2.92 bits per heavy atom. The molecule has 3 nitrogen and oxygen atoms in total. The molecule has 0 aliphatic heterocycles. The maximum atomic E-state index is 8.88. The maximum absolute atomic E-state index is 8.88. The molecule has 0 bridgehead atoms. The maximum Gasteiger partial charge on any atom is 0.0682 e. The summed E-state index contributed by atoms with van der Waals surface area (Å²) in [4.78, 5) is 0. The van der Waals surface area contributed by atoms with Crippen molar-refractivity contribution >= 4 is 0 Å². The molecule has 0 atom stereocenters. The Hall–Kier alpha value is -0.830. The Morgan fingerprint density at radius 1 is 1.62 bits per heavy atom. The van der Waals surface area contributed by atoms with Gasteiger partial charge in [0.05, 0.1) is 5.69 Å². The Balaban J connectivity index is 2.22. The fraction of sp³-hybridized carbons (Fsp3) is 0.700. The van der Waals surface area contributed by atoms with Crippen molar-refractivity contribution in [1.29, 1.82) is 0 Å². The fourth-order valence-corrected chi connectivity index (χ4v) is 1.67. The van der Waals surface area contributed by atoms with Gasteiger partial charge in [0.1, 0.15) is 0 Å². The molecule has 1 aliphatic rings. The average Bonchev–Trinajstić information content (AvgIpc) is 2.89. The Morgan fingerprint density at radius 2 is 2.38 bits per heavy atom. The SMILES string of the molecule is CCn1cc(C2CC2)c(CCO)n1. The number of aliphatic hydroxyl groups is 1. The molecule has 1 aliphatic carbocycles. The molecule has 0 amide bonds. The summed E-state index contributed by atoms with van der Waals surface area (Å²) in [6.45, 7) is 3.22. The molecule has 2 rings (SSSR count). The van der Waals surface area contributed by atoms with Crippen LogP contribution < -0.4 is 0 Å². The minimum atomic E-state index is 0.209. The van der Waals surface area contributed by atoms with Crippen molar-refractivity contribution in [2.75, 3.05) is 6.61 Å². The van der Waals surface area contributed by atoms with E-state index in [1.165, 1.54) is 18.4 Å². The van der Waals surface area contributed by atoms with Crippen molar-refractivity contribution in [2.45, 2.75) is 38.6 Å². The number of rotatable bonds is 4. The number of hydrogen-bond donors (Lipinski definition) is 1. The van der Waals surface area contributed by atoms with Gasteiger partial charge in [0.25, 0.3) is 0 Å². The van der Waals surface area contributed by atoms with E-state index in [-0.39, 0.29) is 6.61 Å². The van der Waals surface area contributed by atoms with E-state index >= 15 is 0 Å². The van der Waals surface area contributed by atoms with E-state index in [1.54, 1.807) is 0 Å². The molecule has 0 saturated heterocycles. The van der Waals surface area contributed by atoms with E-state index in [1.807, 2.05) is 4.68 Å². The van der Waals surface area contributed by atoms with Crippen molar-refractivity contribution < 1.29 is 5.11 Å². The van der Waals surface area contributed by atoms with E-state index in [4.69, 9.17) is 5.11 Å². The van der Waals surface area contributed by atoms with Crippen LogP contribution in [0.5, 0.6) is 0 Å². The quantitative estimate of drug-likeness (QED) is 0.758. The van der Waals surface area contributed by atoms with Gasteiger partial charge in [0, 0.05) is 25.8 Å². The standard InChI is InChI=1S/C10H16N2O/c1-2-12-7-9(8-3-4-8)10(11-12)5-6-13/h7-8,13H,2-6H2,1H3. The largest absolute Gasteiger partial charge is 0.396 e. The van der Waals surface area contributed by atoms with Gasteiger partial charge >= 0.3 is 0 Å². The molecule has 0 spiro atoms. The molecule has 1 N–H and O–H groups in total. The number of aliphatic hydroxyl groups excluding tert-OH is 1. The highest BCUT2D eigenvalue weighted by Gasteiger charge is 2.27. The van der Waals surface area contributed by atoms with Crippen molar-refractivity contribution in [2.24, 2.45) is 0 Å². The Bertz CT molecular complexity index is 289. The van der Waals surface area contributed by atoms with Gasteiger partial charge in [-0.1, -0.05) is 0 Å². The van der Waals surface area contributed by atoms with Crippen LogP contribution in [0.1, 0.15) is 36.9 Å². The van der Waals surface area contributed by atoms with Crippen LogP contribution in [0.15, 0.2) is 6.20 Å². The van der Waals surface area contributed by atoms with Gasteiger partial charge in [0.15, 0.2) is 0 Å². The third-order valence-corrected chi connectivity index (χ3v) is 2.56. The molecule has 13 heavy (non-hydrogen) atoms. The van der Waals surface area contributed by atoms with Crippen LogP contribution in [0.3, 0.4) is 0 Å². The van der Waals surface area contributed by atoms with E-state index < -0.39 is 0 Å². The molecule has 1 heterocycles. The van der Waals surface area contributed by atoms with E-state index in [9.17, 15) is 0 Å². The monoisotopic (exact) mass is 180 g/mol. The summed E-state index contributed by atoms with van der Waals surface area (Å²) in [5.74, 6) is 0.738. The van der Waals surface area contributed by atoms with E-state index in [0.29, 0.717) is 6.42 Å². The summed E-state index contributed by atoms with van der Waals surface area (Å²) in [5.41, 5.74) is 2.47. The topological polar surface area (TPSA) is 38.0 Å². The first-order valence-corrected chi connectivity index (χ1v) is 5.02. The third kappa shape index (κ3) is 1.75. The van der Waals surface area contributed by atoms with Gasteiger partial charge in [-0.3, -0.25) is 4.68 Å². The highest BCUT2D eigenvalue weighted by molar-refractivity contribution is 5.26. The van der Waals surface area contributed by atoms with Crippen molar-refractivity contribution in [3.63, 3.8) is 0 Å². The fourth-order valence-electron chi connectivity index (χ4n) is 1.67. The second-order valence-corrected chi connectivity index (χ2v) is 3.63. The molecule has 1 saturated carbocycles. The lowest BCUT2D eigenvalue weighted by molar-refractivity contribution is 0.297. The van der Waals surface area contributed by atoms with Gasteiger partial charge in [-0.2, -0.15) is 5.10 Å². The average molecular weight is 180 g/mol. The summed E-state index contributed by atoms with van der Waals surface area (Å²) in [6, 6.07) is 0. The predicted molar refractivity (Wildman–Crippen MR) is 50.7 cm³/mol. The lowest BCUT2D eigenvalue weighted by atomic mass is 10.1. The van der Waals surface area contributed by atoms with Crippen LogP contribution in [-0.2, 0) is 13.0 Å². The van der Waals surface area contributed by atoms with E-state index in [0.717, 1.165) is 18.2 Å². The molecular weight excluding hydrogens is 164 g/mol. The lowest BCUT2D eigenvalue weighted by Gasteiger charge is -1.95. The second-order valence-electron chi connectivity index (χ2n) is 3.63. The van der Waals surface area contributed by atoms with Crippen LogP contribution in [-0.4, -0.2) is 21.5 Å². The molecule has 0 unspecified atom stereocenters. The van der Waals surface area contributed by atoms with Crippen LogP contribution in [0.2, 0.25) is 0 Å². The van der Waals surface area contributed by atoms with Crippen LogP contribution in [0.4, 0.5) is 0 Å². The Labute approximate surface area is 78.4 Å². The lowest BCUT2D eigenvalue weighted by Crippen LogP contribution is -1.98. The summed E-state index contributed by atoms with van der Waals surface area (Å²) in [7, 11) is 0. The summed E-state index contributed by atoms with van der Waals surface area (Å²) >= 11 is 0. The van der Waals surface area contributed by atoms with Crippen molar-refractivity contribution in [3.8, 4) is 0 Å². The van der Waals surface area contributed by atoms with Gasteiger partial charge in [-0.05, 0) is 31.2 Å². The smallest absolute Gasteiger partial charge is 0.0682 e. The predicted octanol–water partition coefficient (Wildman–Crippen LogP) is 1.32. The zero-order valence-electron chi connectivity index (χ0n) is 8.03. The van der Waals surface area contributed by atoms with E-state index in [2.05, 4.69) is 18.2 Å². The first kappa shape index (κ1) is 8.75. The minimum Gasteiger partial charge on any atom is -0.396 e. The molecule has 1 aromatic rings. The first-order chi connectivity index (χ1) is 6.35. The van der Waals surface area contributed by atoms with Crippen molar-refractivity contribution in [1.82, 2.24) is 9.78 Å². The van der Waals surface area contributed by atoms with Crippen molar-refractivity contribution in [3.05, 3.63) is 17.5 Å². The van der Waals surface area contributed by atoms with Crippen LogP contribution in [0, 0.1) is 0 Å². The number of hydrogen-bond acceptors (Lipinski definition) is 2. The zero-order chi connectivity index (χ0) is 9.26. The number of aryl methyl sites for hydroxylation is 1. The molecule has 72 valence electrons. The van der Waals surface area contributed by atoms with Gasteiger partial charge < -0.3 is 5.11 Å². The first-order valence-electron chi connectivity index (χ1n) is 5.02. The second kappa shape index (κ2) is 3.50. The summed E-state index contributed by atoms with van der Waals surface area (Å²) < 4.78 is 1.97. The van der Waals surface area contributed by atoms with Gasteiger partial charge in [0.2, 0.25) is 0 Å². The summed E-state index contributed by atoms with van der Waals surface area (Å²) in [5, 5.41) is 13.3. The Kier molecular flexibility index (Phi) is 2.36.